The third-order valence-corrected chi connectivity index (χ3v) is 5.58. The lowest BCUT2D eigenvalue weighted by Crippen LogP contribution is -2.45. The van der Waals surface area contributed by atoms with Crippen LogP contribution in [0.1, 0.15) is 58.2 Å². The van der Waals surface area contributed by atoms with Gasteiger partial charge in [-0.15, -0.1) is 0 Å². The highest BCUT2D eigenvalue weighted by molar-refractivity contribution is 5.53. The van der Waals surface area contributed by atoms with Crippen molar-refractivity contribution in [3.63, 3.8) is 0 Å². The second-order valence-corrected chi connectivity index (χ2v) is 6.42. The summed E-state index contributed by atoms with van der Waals surface area (Å²) in [5.41, 5.74) is 9.14. The van der Waals surface area contributed by atoms with Crippen molar-refractivity contribution >= 4 is 6.21 Å². The molecule has 2 rings (SSSR count). The summed E-state index contributed by atoms with van der Waals surface area (Å²) < 4.78 is 0. The average molecular weight is 287 g/mol. The van der Waals surface area contributed by atoms with Crippen LogP contribution in [-0.2, 0) is 11.8 Å². The number of fused-ring (bicyclic) bond motifs is 1. The number of hydrogen-bond donors (Lipinski definition) is 1. The Morgan fingerprint density at radius 2 is 2.24 bits per heavy atom. The van der Waals surface area contributed by atoms with Gasteiger partial charge in [0.1, 0.15) is 0 Å². The lowest BCUT2D eigenvalue weighted by molar-refractivity contribution is 0.155. The van der Waals surface area contributed by atoms with E-state index in [2.05, 4.69) is 37.9 Å². The molecule has 116 valence electrons. The van der Waals surface area contributed by atoms with E-state index in [4.69, 9.17) is 10.7 Å². The van der Waals surface area contributed by atoms with Crippen molar-refractivity contribution < 1.29 is 0 Å². The molecule has 3 nitrogen and oxygen atoms in total. The van der Waals surface area contributed by atoms with Gasteiger partial charge in [0.25, 0.3) is 0 Å². The zero-order valence-corrected chi connectivity index (χ0v) is 13.8. The Morgan fingerprint density at radius 1 is 1.48 bits per heavy atom. The molecule has 4 atom stereocenters. The molecule has 2 N–H and O–H groups in total. The topological polar surface area (TPSA) is 51.3 Å². The molecule has 1 aromatic rings. The molecule has 0 amide bonds. The van der Waals surface area contributed by atoms with Crippen LogP contribution >= 0.6 is 0 Å². The molecule has 0 aromatic carbocycles. The molecule has 3 heteroatoms. The van der Waals surface area contributed by atoms with Crippen molar-refractivity contribution in [2.75, 3.05) is 0 Å². The molecular weight excluding hydrogens is 258 g/mol. The van der Waals surface area contributed by atoms with Crippen LogP contribution in [0.4, 0.5) is 0 Å². The van der Waals surface area contributed by atoms with E-state index in [0.29, 0.717) is 11.8 Å². The molecule has 0 fully saturated rings. The maximum absolute atomic E-state index is 6.25. The van der Waals surface area contributed by atoms with Gasteiger partial charge in [-0.1, -0.05) is 26.8 Å². The first kappa shape index (κ1) is 16.2. The molecule has 0 spiro atoms. The van der Waals surface area contributed by atoms with Gasteiger partial charge < -0.3 is 5.73 Å². The number of aryl methyl sites for hydroxylation is 1. The van der Waals surface area contributed by atoms with Crippen LogP contribution in [0.3, 0.4) is 0 Å². The lowest BCUT2D eigenvalue weighted by atomic mass is 9.60. The molecule has 1 aliphatic carbocycles. The first-order chi connectivity index (χ1) is 10.1. The van der Waals surface area contributed by atoms with Gasteiger partial charge in [0, 0.05) is 17.3 Å². The fourth-order valence-electron chi connectivity index (χ4n) is 4.02. The largest absolute Gasteiger partial charge is 0.310 e. The Kier molecular flexibility index (Phi) is 5.15. The van der Waals surface area contributed by atoms with Gasteiger partial charge in [-0.25, -0.2) is 0 Å². The number of aliphatic imine (C=N–C) groups is 1. The molecule has 21 heavy (non-hydrogen) atoms. The molecule has 1 aromatic heterocycles. The maximum atomic E-state index is 6.25. The summed E-state index contributed by atoms with van der Waals surface area (Å²) in [6, 6.07) is 4.30. The summed E-state index contributed by atoms with van der Waals surface area (Å²) in [6.07, 6.45) is 8.37. The predicted octanol–water partition coefficient (Wildman–Crippen LogP) is 3.71. The minimum atomic E-state index is -0.123. The number of nitrogens with zero attached hydrogens (tertiary/aromatic N) is 2. The van der Waals surface area contributed by atoms with E-state index in [0.717, 1.165) is 12.8 Å². The molecule has 1 heterocycles. The van der Waals surface area contributed by atoms with Gasteiger partial charge in [-0.05, 0) is 62.3 Å². The van der Waals surface area contributed by atoms with E-state index >= 15 is 0 Å². The van der Waals surface area contributed by atoms with Crippen molar-refractivity contribution in [1.29, 1.82) is 0 Å². The molecule has 0 saturated heterocycles. The number of hydrogen-bond acceptors (Lipinski definition) is 3. The number of aromatic nitrogens is 1. The molecule has 0 radical (unpaired) electrons. The zero-order chi connectivity index (χ0) is 15.5. The highest BCUT2D eigenvalue weighted by Gasteiger charge is 2.43. The van der Waals surface area contributed by atoms with Gasteiger partial charge in [0.05, 0.1) is 6.17 Å². The lowest BCUT2D eigenvalue weighted by Gasteiger charge is -2.45. The van der Waals surface area contributed by atoms with Crippen molar-refractivity contribution in [3.05, 3.63) is 29.6 Å². The first-order valence-corrected chi connectivity index (χ1v) is 8.24. The highest BCUT2D eigenvalue weighted by Crippen LogP contribution is 2.47. The van der Waals surface area contributed by atoms with Crippen molar-refractivity contribution in [1.82, 2.24) is 4.98 Å². The summed E-state index contributed by atoms with van der Waals surface area (Å²) >= 11 is 0. The molecule has 1 aliphatic rings. The SMILES string of the molecule is CC=NC(N)C(C)C(C)C1(CC)CCCc2cccnc21. The average Bonchev–Trinajstić information content (AvgIpc) is 2.53. The maximum Gasteiger partial charge on any atom is 0.0993 e. The van der Waals surface area contributed by atoms with E-state index in [1.807, 2.05) is 19.3 Å². The van der Waals surface area contributed by atoms with Crippen LogP contribution < -0.4 is 5.73 Å². The standard InChI is InChI=1S/C18H29N3/c1-5-18(14(4)13(3)17(19)20-6-2)11-7-9-15-10-8-12-21-16(15)18/h6,8,10,12-14,17H,5,7,9,11,19H2,1-4H3. The normalized spacial score (nSPS) is 26.3. The zero-order valence-electron chi connectivity index (χ0n) is 13.8. The Hall–Kier alpha value is -1.22. The van der Waals surface area contributed by atoms with E-state index < -0.39 is 0 Å². The van der Waals surface area contributed by atoms with Gasteiger partial charge in [-0.3, -0.25) is 9.98 Å². The van der Waals surface area contributed by atoms with E-state index in [1.165, 1.54) is 24.1 Å². The van der Waals surface area contributed by atoms with Crippen molar-refractivity contribution in [3.8, 4) is 0 Å². The highest BCUT2D eigenvalue weighted by atomic mass is 14.9. The fourth-order valence-corrected chi connectivity index (χ4v) is 4.02. The predicted molar refractivity (Wildman–Crippen MR) is 89.6 cm³/mol. The first-order valence-electron chi connectivity index (χ1n) is 8.24. The molecule has 0 aliphatic heterocycles. The van der Waals surface area contributed by atoms with Gasteiger partial charge in [-0.2, -0.15) is 0 Å². The minimum absolute atomic E-state index is 0.123. The van der Waals surface area contributed by atoms with E-state index in [1.54, 1.807) is 0 Å². The summed E-state index contributed by atoms with van der Waals surface area (Å²) in [7, 11) is 0. The molecule has 4 unspecified atom stereocenters. The van der Waals surface area contributed by atoms with Crippen LogP contribution in [0.2, 0.25) is 0 Å². The Morgan fingerprint density at radius 3 is 2.90 bits per heavy atom. The van der Waals surface area contributed by atoms with E-state index in [9.17, 15) is 0 Å². The third kappa shape index (κ3) is 2.89. The monoisotopic (exact) mass is 287 g/mol. The molecule has 0 bridgehead atoms. The van der Waals surface area contributed by atoms with E-state index in [-0.39, 0.29) is 11.6 Å². The second kappa shape index (κ2) is 6.69. The molecule has 0 saturated carbocycles. The van der Waals surface area contributed by atoms with Crippen LogP contribution in [0.15, 0.2) is 23.3 Å². The minimum Gasteiger partial charge on any atom is -0.310 e. The van der Waals surface area contributed by atoms with Gasteiger partial charge in [0.15, 0.2) is 0 Å². The smallest absolute Gasteiger partial charge is 0.0993 e. The Bertz CT molecular complexity index is 497. The summed E-state index contributed by atoms with van der Waals surface area (Å²) in [5.74, 6) is 0.809. The fraction of sp³-hybridized carbons (Fsp3) is 0.667. The van der Waals surface area contributed by atoms with Crippen molar-refractivity contribution in [2.24, 2.45) is 22.6 Å². The van der Waals surface area contributed by atoms with Crippen LogP contribution in [0.5, 0.6) is 0 Å². The summed E-state index contributed by atoms with van der Waals surface area (Å²) in [4.78, 5) is 9.17. The van der Waals surface area contributed by atoms with Crippen molar-refractivity contribution in [2.45, 2.75) is 65.0 Å². The van der Waals surface area contributed by atoms with Crippen LogP contribution in [-0.4, -0.2) is 17.4 Å². The number of nitrogens with two attached hydrogens (primary N) is 1. The molecular formula is C18H29N3. The van der Waals surface area contributed by atoms with Crippen LogP contribution in [0.25, 0.3) is 0 Å². The van der Waals surface area contributed by atoms with Gasteiger partial charge >= 0.3 is 0 Å². The Labute approximate surface area is 129 Å². The second-order valence-electron chi connectivity index (χ2n) is 6.42. The summed E-state index contributed by atoms with van der Waals surface area (Å²) in [5, 5.41) is 0. The van der Waals surface area contributed by atoms with Crippen LogP contribution in [0, 0.1) is 11.8 Å². The third-order valence-electron chi connectivity index (χ3n) is 5.58. The Balaban J connectivity index is 2.38. The summed E-state index contributed by atoms with van der Waals surface area (Å²) in [6.45, 7) is 8.80. The van der Waals surface area contributed by atoms with Gasteiger partial charge in [0.2, 0.25) is 0 Å². The number of pyridine rings is 1. The quantitative estimate of drug-likeness (QED) is 0.839. The number of rotatable bonds is 5.